The Labute approximate surface area is 204 Å². The Morgan fingerprint density at radius 3 is 2.56 bits per heavy atom. The summed E-state index contributed by atoms with van der Waals surface area (Å²) in [4.78, 5) is 38.5. The van der Waals surface area contributed by atoms with Crippen LogP contribution in [0.1, 0.15) is 56.0 Å². The van der Waals surface area contributed by atoms with Crippen molar-refractivity contribution in [2.75, 3.05) is 13.2 Å². The molecule has 0 spiro atoms. The van der Waals surface area contributed by atoms with E-state index in [1.165, 1.54) is 12.1 Å². The zero-order valence-electron chi connectivity index (χ0n) is 19.7. The molecule has 1 saturated heterocycles. The molecule has 1 aliphatic heterocycles. The number of aryl methyl sites for hydroxylation is 1. The maximum Gasteiger partial charge on any atom is 0.344 e. The molecule has 1 aliphatic rings. The molecule has 0 aromatic heterocycles. The van der Waals surface area contributed by atoms with Gasteiger partial charge in [-0.25, -0.2) is 4.79 Å². The smallest absolute Gasteiger partial charge is 0.344 e. The number of imide groups is 1. The fourth-order valence-electron chi connectivity index (χ4n) is 3.58. The molecule has 4 amide bonds. The molecule has 1 unspecified atom stereocenters. The highest BCUT2D eigenvalue weighted by Gasteiger charge is 2.48. The number of urea groups is 1. The van der Waals surface area contributed by atoms with Crippen molar-refractivity contribution >= 4 is 29.4 Å². The van der Waals surface area contributed by atoms with Gasteiger partial charge in [0, 0.05) is 5.56 Å². The van der Waals surface area contributed by atoms with Crippen LogP contribution in [0.25, 0.3) is 0 Å². The molecule has 0 aliphatic carbocycles. The van der Waals surface area contributed by atoms with E-state index < -0.39 is 23.4 Å². The average molecular weight is 488 g/mol. The number of hydrogen-bond acceptors (Lipinski definition) is 5. The van der Waals surface area contributed by atoms with Crippen LogP contribution in [0, 0.1) is 0 Å². The summed E-state index contributed by atoms with van der Waals surface area (Å²) in [6.07, 6.45) is 2.79. The zero-order valence-corrected chi connectivity index (χ0v) is 20.4. The van der Waals surface area contributed by atoms with Gasteiger partial charge < -0.3 is 14.8 Å². The van der Waals surface area contributed by atoms with Crippen molar-refractivity contribution in [1.29, 1.82) is 0 Å². The first-order valence-electron chi connectivity index (χ1n) is 11.4. The number of nitrogens with zero attached hydrogens (tertiary/aromatic N) is 1. The number of amides is 4. The highest BCUT2D eigenvalue weighted by Crippen LogP contribution is 2.37. The minimum absolute atomic E-state index is 0.134. The number of rotatable bonds is 11. The highest BCUT2D eigenvalue weighted by atomic mass is 35.5. The Morgan fingerprint density at radius 2 is 1.88 bits per heavy atom. The number of nitrogens with one attached hydrogen (secondary N) is 2. The Hall–Kier alpha value is -3.26. The topological polar surface area (TPSA) is 97.0 Å². The molecule has 34 heavy (non-hydrogen) atoms. The van der Waals surface area contributed by atoms with Crippen LogP contribution in [0.4, 0.5) is 4.79 Å². The molecule has 3 rings (SSSR count). The summed E-state index contributed by atoms with van der Waals surface area (Å²) in [7, 11) is 0. The van der Waals surface area contributed by atoms with E-state index in [1.807, 2.05) is 37.3 Å². The number of hydrazine groups is 1. The molecular weight excluding hydrogens is 458 g/mol. The van der Waals surface area contributed by atoms with Gasteiger partial charge in [0.25, 0.3) is 11.8 Å². The van der Waals surface area contributed by atoms with Crippen molar-refractivity contribution in [3.63, 3.8) is 0 Å². The minimum Gasteiger partial charge on any atom is -0.490 e. The molecule has 1 atom stereocenters. The van der Waals surface area contributed by atoms with Crippen molar-refractivity contribution in [3.8, 4) is 11.5 Å². The maximum atomic E-state index is 13.0. The van der Waals surface area contributed by atoms with E-state index in [-0.39, 0.29) is 10.6 Å². The number of carbonyl (C=O) groups is 3. The van der Waals surface area contributed by atoms with Gasteiger partial charge in [-0.1, -0.05) is 55.3 Å². The predicted octanol–water partition coefficient (Wildman–Crippen LogP) is 4.51. The lowest BCUT2D eigenvalue weighted by Gasteiger charge is -2.21. The molecule has 182 valence electrons. The van der Waals surface area contributed by atoms with Crippen molar-refractivity contribution in [2.24, 2.45) is 0 Å². The molecular formula is C25H30ClN3O5. The fraction of sp³-hybridized carbons (Fsp3) is 0.400. The highest BCUT2D eigenvalue weighted by molar-refractivity contribution is 6.32. The van der Waals surface area contributed by atoms with Crippen LogP contribution in [-0.4, -0.2) is 41.6 Å². The van der Waals surface area contributed by atoms with Gasteiger partial charge in [0.15, 0.2) is 11.5 Å². The summed E-state index contributed by atoms with van der Waals surface area (Å²) >= 11 is 6.37. The van der Waals surface area contributed by atoms with Crippen LogP contribution in [-0.2, 0) is 11.2 Å². The second kappa shape index (κ2) is 11.2. The summed E-state index contributed by atoms with van der Waals surface area (Å²) < 4.78 is 11.3. The normalized spacial score (nSPS) is 17.5. The third kappa shape index (κ3) is 5.80. The van der Waals surface area contributed by atoms with E-state index in [0.29, 0.717) is 42.6 Å². The van der Waals surface area contributed by atoms with Crippen LogP contribution in [0.5, 0.6) is 11.5 Å². The molecule has 0 saturated carbocycles. The Morgan fingerprint density at radius 1 is 1.15 bits per heavy atom. The van der Waals surface area contributed by atoms with Crippen molar-refractivity contribution in [1.82, 2.24) is 15.8 Å². The van der Waals surface area contributed by atoms with Crippen LogP contribution in [0.3, 0.4) is 0 Å². The molecule has 9 heteroatoms. The summed E-state index contributed by atoms with van der Waals surface area (Å²) in [6, 6.07) is 11.9. The van der Waals surface area contributed by atoms with Gasteiger partial charge in [-0.05, 0) is 50.8 Å². The summed E-state index contributed by atoms with van der Waals surface area (Å²) in [5.74, 6) is -0.519. The number of hydrogen-bond donors (Lipinski definition) is 2. The maximum absolute atomic E-state index is 13.0. The summed E-state index contributed by atoms with van der Waals surface area (Å²) in [6.45, 7) is 6.31. The van der Waals surface area contributed by atoms with E-state index in [0.717, 1.165) is 18.4 Å². The van der Waals surface area contributed by atoms with E-state index in [9.17, 15) is 14.4 Å². The summed E-state index contributed by atoms with van der Waals surface area (Å²) in [5, 5.41) is 3.61. The lowest BCUT2D eigenvalue weighted by atomic mass is 9.93. The number of ether oxygens (including phenoxy) is 2. The zero-order chi connectivity index (χ0) is 24.7. The molecule has 2 aromatic rings. The quantitative estimate of drug-likeness (QED) is 0.359. The van der Waals surface area contributed by atoms with Crippen LogP contribution in [0.2, 0.25) is 5.02 Å². The first-order valence-corrected chi connectivity index (χ1v) is 11.8. The number of carbonyl (C=O) groups excluding carboxylic acids is 3. The third-order valence-corrected chi connectivity index (χ3v) is 5.83. The lowest BCUT2D eigenvalue weighted by Crippen LogP contribution is -2.49. The molecule has 2 aromatic carbocycles. The standard InChI is InChI=1S/C25H30ClN3O5/c1-4-6-14-34-21-19(26)15-18(16-20(21)33-5-2)22(30)28-29-23(31)25(3,27-24(29)32)13-12-17-10-8-7-9-11-17/h7-11,15-16H,4-6,12-14H2,1-3H3,(H,27,32)(H,28,30). The first-order chi connectivity index (χ1) is 16.3. The van der Waals surface area contributed by atoms with Crippen molar-refractivity contribution in [2.45, 2.75) is 52.0 Å². The molecule has 0 radical (unpaired) electrons. The van der Waals surface area contributed by atoms with E-state index >= 15 is 0 Å². The van der Waals surface area contributed by atoms with Crippen LogP contribution < -0.4 is 20.2 Å². The van der Waals surface area contributed by atoms with Crippen LogP contribution in [0.15, 0.2) is 42.5 Å². The molecule has 8 nitrogen and oxygen atoms in total. The largest absolute Gasteiger partial charge is 0.490 e. The van der Waals surface area contributed by atoms with Crippen LogP contribution >= 0.6 is 11.6 Å². The van der Waals surface area contributed by atoms with E-state index in [4.69, 9.17) is 21.1 Å². The average Bonchev–Trinajstić information content (AvgIpc) is 3.03. The molecule has 1 fully saturated rings. The van der Waals surface area contributed by atoms with Gasteiger partial charge in [0.2, 0.25) is 0 Å². The number of unbranched alkanes of at least 4 members (excludes halogenated alkanes) is 1. The van der Waals surface area contributed by atoms with Crippen molar-refractivity contribution in [3.05, 3.63) is 58.6 Å². The molecule has 0 bridgehead atoms. The van der Waals surface area contributed by atoms with Gasteiger partial charge in [0.05, 0.1) is 18.2 Å². The van der Waals surface area contributed by atoms with Gasteiger partial charge in [-0.2, -0.15) is 5.01 Å². The van der Waals surface area contributed by atoms with E-state index in [1.54, 1.807) is 13.8 Å². The second-order valence-corrected chi connectivity index (χ2v) is 8.66. The Balaban J connectivity index is 1.72. The first kappa shape index (κ1) is 25.4. The molecule has 1 heterocycles. The summed E-state index contributed by atoms with van der Waals surface area (Å²) in [5.41, 5.74) is 2.44. The van der Waals surface area contributed by atoms with Gasteiger partial charge in [0.1, 0.15) is 5.54 Å². The van der Waals surface area contributed by atoms with Gasteiger partial charge in [-0.3, -0.25) is 15.0 Å². The second-order valence-electron chi connectivity index (χ2n) is 8.25. The number of halogens is 1. The van der Waals surface area contributed by atoms with E-state index in [2.05, 4.69) is 10.7 Å². The predicted molar refractivity (Wildman–Crippen MR) is 129 cm³/mol. The van der Waals surface area contributed by atoms with Gasteiger partial charge in [-0.15, -0.1) is 0 Å². The Kier molecular flexibility index (Phi) is 8.39. The van der Waals surface area contributed by atoms with Gasteiger partial charge >= 0.3 is 6.03 Å². The Bertz CT molecular complexity index is 1050. The van der Waals surface area contributed by atoms with Crippen molar-refractivity contribution < 1.29 is 23.9 Å². The fourth-order valence-corrected chi connectivity index (χ4v) is 3.85. The molecule has 2 N–H and O–H groups in total. The number of benzene rings is 2. The minimum atomic E-state index is -1.13. The monoisotopic (exact) mass is 487 g/mol. The lowest BCUT2D eigenvalue weighted by molar-refractivity contribution is -0.132. The third-order valence-electron chi connectivity index (χ3n) is 5.55. The SMILES string of the molecule is CCCCOc1c(Cl)cc(C(=O)NN2C(=O)NC(C)(CCc3ccccc3)C2=O)cc1OCC.